The van der Waals surface area contributed by atoms with Gasteiger partial charge in [-0.2, -0.15) is 0 Å². The van der Waals surface area contributed by atoms with Gasteiger partial charge in [-0.25, -0.2) is 9.13 Å². The van der Waals surface area contributed by atoms with Gasteiger partial charge < -0.3 is 33.8 Å². The Morgan fingerprint density at radius 2 is 0.480 bits per heavy atom. The number of carbonyl (C=O) groups excluding carboxylic acids is 4. The van der Waals surface area contributed by atoms with Crippen molar-refractivity contribution in [3.8, 4) is 0 Å². The molecule has 17 nitrogen and oxygen atoms in total. The summed E-state index contributed by atoms with van der Waals surface area (Å²) < 4.78 is 68.6. The van der Waals surface area contributed by atoms with Crippen LogP contribution in [0, 0.1) is 23.7 Å². The Balaban J connectivity index is 5.19. The molecule has 0 aromatic carbocycles. The van der Waals surface area contributed by atoms with E-state index in [4.69, 9.17) is 37.0 Å². The van der Waals surface area contributed by atoms with Gasteiger partial charge in [0.15, 0.2) is 12.2 Å². The lowest BCUT2D eigenvalue weighted by atomic mass is 9.99. The molecule has 0 rings (SSSR count). The molecule has 0 saturated carbocycles. The lowest BCUT2D eigenvalue weighted by Crippen LogP contribution is -2.30. The highest BCUT2D eigenvalue weighted by Gasteiger charge is 2.30. The van der Waals surface area contributed by atoms with E-state index in [1.807, 2.05) is 0 Å². The minimum Gasteiger partial charge on any atom is -0.462 e. The molecule has 0 aromatic heterocycles. The standard InChI is InChI=1S/C81H158O17P2/c1-9-73(7)59-51-43-34-27-23-19-15-13-11-12-14-16-22-26-30-38-47-55-63-80(85)97-76(67-91-78(83)61-53-45-36-29-25-21-18-17-20-24-28-35-44-52-60-74(8)10-2)69-95-99(87,88)93-65-75(82)66-94-100(89,90)96-70-77(98-81(86)64-56-48-40-39-42-50-58-72(5)6)68-92-79(84)62-54-46-37-32-31-33-41-49-57-71(3)4/h71-77,82H,9-70H2,1-8H3,(H,87,88)(H,89,90)/t73?,74?,75?,76-,77-/m1/s1. The maximum Gasteiger partial charge on any atom is 0.472 e. The Labute approximate surface area is 613 Å². The number of aliphatic hydroxyl groups excluding tert-OH is 1. The quantitative estimate of drug-likeness (QED) is 0.0222. The molecule has 0 aliphatic carbocycles. The third-order valence-electron chi connectivity index (χ3n) is 19.5. The monoisotopic (exact) mass is 1470 g/mol. The van der Waals surface area contributed by atoms with Crippen molar-refractivity contribution >= 4 is 39.5 Å². The number of rotatable bonds is 78. The zero-order valence-electron chi connectivity index (χ0n) is 65.8. The first kappa shape index (κ1) is 98.1. The molecular weight excluding hydrogens is 1310 g/mol. The van der Waals surface area contributed by atoms with E-state index in [2.05, 4.69) is 55.4 Å². The molecule has 0 saturated heterocycles. The van der Waals surface area contributed by atoms with Crippen LogP contribution in [0.25, 0.3) is 0 Å². The summed E-state index contributed by atoms with van der Waals surface area (Å²) >= 11 is 0. The van der Waals surface area contributed by atoms with Crippen LogP contribution >= 0.6 is 15.6 Å². The fourth-order valence-corrected chi connectivity index (χ4v) is 13.9. The van der Waals surface area contributed by atoms with E-state index in [9.17, 15) is 43.2 Å². The molecule has 0 heterocycles. The van der Waals surface area contributed by atoms with Crippen molar-refractivity contribution in [2.75, 3.05) is 39.6 Å². The predicted molar refractivity (Wildman–Crippen MR) is 409 cm³/mol. The van der Waals surface area contributed by atoms with Gasteiger partial charge in [-0.1, -0.05) is 364 Å². The van der Waals surface area contributed by atoms with Gasteiger partial charge in [0.05, 0.1) is 26.4 Å². The highest BCUT2D eigenvalue weighted by molar-refractivity contribution is 7.47. The number of phosphoric ester groups is 2. The Kier molecular flexibility index (Phi) is 68.7. The minimum atomic E-state index is -4.96. The predicted octanol–water partition coefficient (Wildman–Crippen LogP) is 24.0. The second-order valence-electron chi connectivity index (χ2n) is 30.6. The van der Waals surface area contributed by atoms with E-state index in [-0.39, 0.29) is 25.7 Å². The average molecular weight is 1470 g/mol. The summed E-state index contributed by atoms with van der Waals surface area (Å²) in [7, 11) is -9.92. The van der Waals surface area contributed by atoms with Gasteiger partial charge in [0.25, 0.3) is 0 Å². The second-order valence-corrected chi connectivity index (χ2v) is 33.5. The zero-order chi connectivity index (χ0) is 73.8. The van der Waals surface area contributed by atoms with Crippen LogP contribution in [0.1, 0.15) is 415 Å². The largest absolute Gasteiger partial charge is 0.472 e. The van der Waals surface area contributed by atoms with E-state index in [1.165, 1.54) is 218 Å². The summed E-state index contributed by atoms with van der Waals surface area (Å²) in [5.41, 5.74) is 0. The van der Waals surface area contributed by atoms with Crippen molar-refractivity contribution in [3.63, 3.8) is 0 Å². The first-order valence-electron chi connectivity index (χ1n) is 41.8. The van der Waals surface area contributed by atoms with Gasteiger partial charge in [0.1, 0.15) is 19.3 Å². The van der Waals surface area contributed by atoms with Gasteiger partial charge >= 0.3 is 39.5 Å². The van der Waals surface area contributed by atoms with Gasteiger partial charge in [-0.3, -0.25) is 37.3 Å². The Hall–Kier alpha value is -1.94. The maximum absolute atomic E-state index is 13.1. The van der Waals surface area contributed by atoms with Gasteiger partial charge in [0, 0.05) is 25.7 Å². The Morgan fingerprint density at radius 3 is 0.710 bits per heavy atom. The molecule has 0 spiro atoms. The van der Waals surface area contributed by atoms with Crippen LogP contribution in [-0.2, 0) is 65.4 Å². The van der Waals surface area contributed by atoms with E-state index in [0.29, 0.717) is 31.6 Å². The number of esters is 4. The molecule has 0 amide bonds. The summed E-state index contributed by atoms with van der Waals surface area (Å²) in [6, 6.07) is 0. The molecule has 5 unspecified atom stereocenters. The fraction of sp³-hybridized carbons (Fsp3) is 0.951. The van der Waals surface area contributed by atoms with E-state index in [1.54, 1.807) is 0 Å². The van der Waals surface area contributed by atoms with Crippen molar-refractivity contribution in [2.45, 2.75) is 433 Å². The lowest BCUT2D eigenvalue weighted by molar-refractivity contribution is -0.161. The van der Waals surface area contributed by atoms with Crippen molar-refractivity contribution in [3.05, 3.63) is 0 Å². The molecule has 100 heavy (non-hydrogen) atoms. The number of phosphoric acid groups is 2. The summed E-state index contributed by atoms with van der Waals surface area (Å²) in [6.07, 6.45) is 57.2. The van der Waals surface area contributed by atoms with Crippen LogP contribution < -0.4 is 0 Å². The van der Waals surface area contributed by atoms with E-state index >= 15 is 0 Å². The molecule has 594 valence electrons. The minimum absolute atomic E-state index is 0.101. The third kappa shape index (κ3) is 71.7. The van der Waals surface area contributed by atoms with Crippen LogP contribution in [0.5, 0.6) is 0 Å². The molecule has 0 radical (unpaired) electrons. The Bertz CT molecular complexity index is 1960. The number of carbonyl (C=O) groups is 4. The van der Waals surface area contributed by atoms with E-state index < -0.39 is 97.5 Å². The molecule has 3 N–H and O–H groups in total. The molecular formula is C81H158O17P2. The van der Waals surface area contributed by atoms with Gasteiger partial charge in [0.2, 0.25) is 0 Å². The normalized spacial score (nSPS) is 14.6. The Morgan fingerprint density at radius 1 is 0.280 bits per heavy atom. The summed E-state index contributed by atoms with van der Waals surface area (Å²) in [5, 5.41) is 10.6. The molecule has 19 heteroatoms. The SMILES string of the molecule is CCC(C)CCCCCCCCCCCCCCCCCCCCC(=O)O[C@H](COC(=O)CCCCCCCCCCCCCCCCC(C)CC)COP(=O)(O)OCC(O)COP(=O)(O)OC[C@@H](COC(=O)CCCCCCCCCCC(C)C)OC(=O)CCCCCCCCC(C)C. The van der Waals surface area contributed by atoms with Crippen LogP contribution in [0.15, 0.2) is 0 Å². The molecule has 7 atom stereocenters. The lowest BCUT2D eigenvalue weighted by Gasteiger charge is -2.21. The average Bonchev–Trinajstić information content (AvgIpc) is 0.971. The summed E-state index contributed by atoms with van der Waals surface area (Å²) in [6.45, 7) is 14.2. The number of hydrogen-bond acceptors (Lipinski definition) is 15. The fourth-order valence-electron chi connectivity index (χ4n) is 12.4. The topological polar surface area (TPSA) is 237 Å². The van der Waals surface area contributed by atoms with Crippen molar-refractivity contribution in [1.82, 2.24) is 0 Å². The van der Waals surface area contributed by atoms with Crippen LogP contribution in [0.4, 0.5) is 0 Å². The second kappa shape index (κ2) is 70.1. The number of ether oxygens (including phenoxy) is 4. The van der Waals surface area contributed by atoms with Crippen molar-refractivity contribution in [1.29, 1.82) is 0 Å². The molecule has 0 bridgehead atoms. The van der Waals surface area contributed by atoms with Crippen molar-refractivity contribution < 1.29 is 80.2 Å². The van der Waals surface area contributed by atoms with Crippen LogP contribution in [0.3, 0.4) is 0 Å². The first-order chi connectivity index (χ1) is 48.2. The highest BCUT2D eigenvalue weighted by Crippen LogP contribution is 2.45. The smallest absolute Gasteiger partial charge is 0.462 e. The van der Waals surface area contributed by atoms with Crippen LogP contribution in [0.2, 0.25) is 0 Å². The summed E-state index contributed by atoms with van der Waals surface area (Å²) in [5.74, 6) is 0.996. The first-order valence-corrected chi connectivity index (χ1v) is 44.8. The van der Waals surface area contributed by atoms with Gasteiger partial charge in [-0.15, -0.1) is 0 Å². The number of aliphatic hydroxyl groups is 1. The highest BCUT2D eigenvalue weighted by atomic mass is 31.2. The maximum atomic E-state index is 13.1. The number of unbranched alkanes of at least 4 members (excludes halogenated alkanes) is 42. The molecule has 0 aromatic rings. The molecule has 0 fully saturated rings. The zero-order valence-corrected chi connectivity index (χ0v) is 67.6. The number of hydrogen-bond donors (Lipinski definition) is 3. The van der Waals surface area contributed by atoms with Gasteiger partial charge in [-0.05, 0) is 49.4 Å². The van der Waals surface area contributed by atoms with E-state index in [0.717, 1.165) is 108 Å². The molecule has 0 aliphatic heterocycles. The van der Waals surface area contributed by atoms with Crippen LogP contribution in [-0.4, -0.2) is 96.7 Å². The summed E-state index contributed by atoms with van der Waals surface area (Å²) in [4.78, 5) is 72.9. The molecule has 0 aliphatic rings. The van der Waals surface area contributed by atoms with Crippen molar-refractivity contribution in [2.24, 2.45) is 23.7 Å². The third-order valence-corrected chi connectivity index (χ3v) is 21.4.